The average molecular weight is 254 g/mol. The minimum absolute atomic E-state index is 0.156. The Hall–Kier alpha value is -0.570. The summed E-state index contributed by atoms with van der Waals surface area (Å²) in [5, 5.41) is 0. The van der Waals surface area contributed by atoms with E-state index in [4.69, 9.17) is 5.73 Å². The van der Waals surface area contributed by atoms with Crippen molar-refractivity contribution in [2.24, 2.45) is 5.73 Å². The van der Waals surface area contributed by atoms with E-state index < -0.39 is 0 Å². The molecule has 1 amide bonds. The number of amides is 1. The first-order valence-corrected chi connectivity index (χ1v) is 7.80. The molecule has 0 radical (unpaired) electrons. The SMILES string of the molecule is NC(=O)CCCCCCCCCCN1CCCC1. The van der Waals surface area contributed by atoms with E-state index in [9.17, 15) is 4.79 Å². The van der Waals surface area contributed by atoms with Crippen molar-refractivity contribution >= 4 is 5.91 Å². The number of hydrogen-bond donors (Lipinski definition) is 1. The standard InChI is InChI=1S/C15H30N2O/c16-15(18)11-7-5-3-1-2-4-6-8-12-17-13-9-10-14-17/h1-14H2,(H2,16,18). The Balaban J connectivity index is 1.72. The van der Waals surface area contributed by atoms with Crippen molar-refractivity contribution in [1.29, 1.82) is 0 Å². The van der Waals surface area contributed by atoms with Crippen molar-refractivity contribution in [2.45, 2.75) is 70.6 Å². The summed E-state index contributed by atoms with van der Waals surface area (Å²) in [7, 11) is 0. The molecule has 0 aliphatic carbocycles. The van der Waals surface area contributed by atoms with Gasteiger partial charge in [0, 0.05) is 6.42 Å². The third kappa shape index (κ3) is 8.51. The number of likely N-dealkylation sites (tertiary alicyclic amines) is 1. The number of carbonyl (C=O) groups is 1. The minimum atomic E-state index is -0.156. The predicted octanol–water partition coefficient (Wildman–Crippen LogP) is 3.08. The van der Waals surface area contributed by atoms with Gasteiger partial charge in [0.1, 0.15) is 0 Å². The second-order valence-corrected chi connectivity index (χ2v) is 5.59. The Morgan fingerprint density at radius 1 is 0.833 bits per heavy atom. The summed E-state index contributed by atoms with van der Waals surface area (Å²) in [5.74, 6) is -0.156. The molecule has 2 N–H and O–H groups in total. The van der Waals surface area contributed by atoms with E-state index in [0.717, 1.165) is 12.8 Å². The van der Waals surface area contributed by atoms with E-state index in [1.807, 2.05) is 0 Å². The molecule has 1 heterocycles. The third-order valence-electron chi connectivity index (χ3n) is 3.85. The quantitative estimate of drug-likeness (QED) is 0.576. The highest BCUT2D eigenvalue weighted by molar-refractivity contribution is 5.73. The maximum absolute atomic E-state index is 10.5. The van der Waals surface area contributed by atoms with E-state index in [1.54, 1.807) is 0 Å². The molecule has 0 aromatic carbocycles. The number of primary amides is 1. The number of unbranched alkanes of at least 4 members (excludes halogenated alkanes) is 7. The van der Waals surface area contributed by atoms with Gasteiger partial charge in [-0.1, -0.05) is 38.5 Å². The van der Waals surface area contributed by atoms with Gasteiger partial charge in [-0.25, -0.2) is 0 Å². The molecule has 18 heavy (non-hydrogen) atoms. The number of hydrogen-bond acceptors (Lipinski definition) is 2. The van der Waals surface area contributed by atoms with Gasteiger partial charge in [-0.15, -0.1) is 0 Å². The van der Waals surface area contributed by atoms with Gasteiger partial charge in [0.2, 0.25) is 5.91 Å². The molecule has 0 saturated carbocycles. The Bertz CT molecular complexity index is 213. The van der Waals surface area contributed by atoms with Crippen LogP contribution in [-0.4, -0.2) is 30.4 Å². The molecule has 0 aromatic rings. The van der Waals surface area contributed by atoms with Crippen LogP contribution in [0.5, 0.6) is 0 Å². The molecule has 1 saturated heterocycles. The van der Waals surface area contributed by atoms with Crippen LogP contribution in [0.15, 0.2) is 0 Å². The van der Waals surface area contributed by atoms with E-state index in [2.05, 4.69) is 4.90 Å². The number of rotatable bonds is 11. The summed E-state index contributed by atoms with van der Waals surface area (Å²) in [6.45, 7) is 3.98. The van der Waals surface area contributed by atoms with Gasteiger partial charge in [-0.3, -0.25) is 4.79 Å². The summed E-state index contributed by atoms with van der Waals surface area (Å²) in [5.41, 5.74) is 5.10. The predicted molar refractivity (Wildman–Crippen MR) is 76.4 cm³/mol. The average Bonchev–Trinajstić information content (AvgIpc) is 2.84. The zero-order valence-corrected chi connectivity index (χ0v) is 11.8. The molecule has 0 atom stereocenters. The van der Waals surface area contributed by atoms with Crippen LogP contribution in [0.2, 0.25) is 0 Å². The summed E-state index contributed by atoms with van der Waals surface area (Å²) >= 11 is 0. The zero-order valence-electron chi connectivity index (χ0n) is 11.8. The maximum atomic E-state index is 10.5. The highest BCUT2D eigenvalue weighted by atomic mass is 16.1. The van der Waals surface area contributed by atoms with E-state index in [0.29, 0.717) is 6.42 Å². The van der Waals surface area contributed by atoms with E-state index in [-0.39, 0.29) is 5.91 Å². The van der Waals surface area contributed by atoms with Crippen LogP contribution in [0.25, 0.3) is 0 Å². The molecular weight excluding hydrogens is 224 g/mol. The first-order valence-electron chi connectivity index (χ1n) is 7.80. The lowest BCUT2D eigenvalue weighted by Crippen LogP contribution is -2.20. The van der Waals surface area contributed by atoms with Crippen LogP contribution < -0.4 is 5.73 Å². The fourth-order valence-corrected chi connectivity index (χ4v) is 2.70. The summed E-state index contributed by atoms with van der Waals surface area (Å²) in [4.78, 5) is 13.1. The molecule has 0 bridgehead atoms. The van der Waals surface area contributed by atoms with Crippen LogP contribution in [-0.2, 0) is 4.79 Å². The normalized spacial score (nSPS) is 16.2. The largest absolute Gasteiger partial charge is 0.370 e. The molecule has 1 aliphatic heterocycles. The van der Waals surface area contributed by atoms with Crippen molar-refractivity contribution in [2.75, 3.05) is 19.6 Å². The first-order chi connectivity index (χ1) is 8.79. The zero-order chi connectivity index (χ0) is 13.1. The molecule has 106 valence electrons. The Kier molecular flexibility index (Phi) is 8.92. The number of nitrogens with two attached hydrogens (primary N) is 1. The Morgan fingerprint density at radius 3 is 1.89 bits per heavy atom. The summed E-state index contributed by atoms with van der Waals surface area (Å²) in [6.07, 6.45) is 13.6. The molecular formula is C15H30N2O. The monoisotopic (exact) mass is 254 g/mol. The summed E-state index contributed by atoms with van der Waals surface area (Å²) < 4.78 is 0. The number of carbonyl (C=O) groups excluding carboxylic acids is 1. The van der Waals surface area contributed by atoms with Crippen LogP contribution in [0.1, 0.15) is 70.6 Å². The molecule has 1 fully saturated rings. The van der Waals surface area contributed by atoms with Crippen LogP contribution in [0, 0.1) is 0 Å². The maximum Gasteiger partial charge on any atom is 0.217 e. The molecule has 0 aromatic heterocycles. The van der Waals surface area contributed by atoms with E-state index in [1.165, 1.54) is 71.0 Å². The lowest BCUT2D eigenvalue weighted by molar-refractivity contribution is -0.118. The first kappa shape index (κ1) is 15.5. The lowest BCUT2D eigenvalue weighted by atomic mass is 10.1. The number of nitrogens with zero attached hydrogens (tertiary/aromatic N) is 1. The topological polar surface area (TPSA) is 46.3 Å². The smallest absolute Gasteiger partial charge is 0.217 e. The van der Waals surface area contributed by atoms with Crippen molar-refractivity contribution < 1.29 is 4.79 Å². The molecule has 0 spiro atoms. The van der Waals surface area contributed by atoms with Gasteiger partial charge in [0.05, 0.1) is 0 Å². The highest BCUT2D eigenvalue weighted by Gasteiger charge is 2.09. The third-order valence-corrected chi connectivity index (χ3v) is 3.85. The van der Waals surface area contributed by atoms with Crippen molar-refractivity contribution in [3.63, 3.8) is 0 Å². The van der Waals surface area contributed by atoms with Crippen molar-refractivity contribution in [3.8, 4) is 0 Å². The van der Waals surface area contributed by atoms with Crippen LogP contribution in [0.4, 0.5) is 0 Å². The fraction of sp³-hybridized carbons (Fsp3) is 0.933. The Labute approximate surface area is 112 Å². The van der Waals surface area contributed by atoms with Crippen molar-refractivity contribution in [3.05, 3.63) is 0 Å². The molecule has 1 aliphatic rings. The highest BCUT2D eigenvalue weighted by Crippen LogP contribution is 2.12. The van der Waals surface area contributed by atoms with Gasteiger partial charge in [-0.2, -0.15) is 0 Å². The Morgan fingerprint density at radius 2 is 1.33 bits per heavy atom. The van der Waals surface area contributed by atoms with Crippen LogP contribution in [0.3, 0.4) is 0 Å². The second kappa shape index (κ2) is 10.4. The molecule has 3 nitrogen and oxygen atoms in total. The van der Waals surface area contributed by atoms with Gasteiger partial charge < -0.3 is 10.6 Å². The van der Waals surface area contributed by atoms with E-state index >= 15 is 0 Å². The fourth-order valence-electron chi connectivity index (χ4n) is 2.70. The molecule has 0 unspecified atom stereocenters. The van der Waals surface area contributed by atoms with Gasteiger partial charge in [-0.05, 0) is 45.3 Å². The van der Waals surface area contributed by atoms with Gasteiger partial charge >= 0.3 is 0 Å². The van der Waals surface area contributed by atoms with Gasteiger partial charge in [0.25, 0.3) is 0 Å². The van der Waals surface area contributed by atoms with Crippen LogP contribution >= 0.6 is 0 Å². The molecule has 3 heteroatoms. The minimum Gasteiger partial charge on any atom is -0.370 e. The molecule has 1 rings (SSSR count). The van der Waals surface area contributed by atoms with Crippen molar-refractivity contribution in [1.82, 2.24) is 4.90 Å². The lowest BCUT2D eigenvalue weighted by Gasteiger charge is -2.13. The van der Waals surface area contributed by atoms with Gasteiger partial charge in [0.15, 0.2) is 0 Å². The summed E-state index contributed by atoms with van der Waals surface area (Å²) in [6, 6.07) is 0. The second-order valence-electron chi connectivity index (χ2n) is 5.59.